The molecule has 0 atom stereocenters. The van der Waals surface area contributed by atoms with Gasteiger partial charge < -0.3 is 0 Å². The third-order valence-corrected chi connectivity index (χ3v) is 1.87. The van der Waals surface area contributed by atoms with Crippen LogP contribution in [0.15, 0.2) is 9.59 Å². The highest BCUT2D eigenvalue weighted by atomic mass is 35.5. The van der Waals surface area contributed by atoms with Gasteiger partial charge in [0.25, 0.3) is 11.1 Å². The first-order valence-electron chi connectivity index (χ1n) is 3.43. The molecule has 2 heterocycles. The fraction of sp³-hybridized carbons (Fsp3) is 0. The molecule has 0 saturated carbocycles. The zero-order chi connectivity index (χ0) is 10.3. The maximum absolute atomic E-state index is 11.3. The number of aromatic amines is 2. The van der Waals surface area contributed by atoms with Crippen LogP contribution in [0.4, 0.5) is 0 Å². The normalized spacial score (nSPS) is 10.7. The van der Waals surface area contributed by atoms with E-state index in [-0.39, 0.29) is 21.6 Å². The summed E-state index contributed by atoms with van der Waals surface area (Å²) in [5.74, 6) is 0. The van der Waals surface area contributed by atoms with E-state index in [1.54, 1.807) is 0 Å². The molecule has 0 spiro atoms. The van der Waals surface area contributed by atoms with E-state index < -0.39 is 11.1 Å². The summed E-state index contributed by atoms with van der Waals surface area (Å²) in [4.78, 5) is 34.1. The van der Waals surface area contributed by atoms with Gasteiger partial charge in [0.15, 0.2) is 11.0 Å². The fourth-order valence-electron chi connectivity index (χ4n) is 0.981. The van der Waals surface area contributed by atoms with Crippen LogP contribution in [0.5, 0.6) is 0 Å². The molecule has 6 nitrogen and oxygen atoms in total. The number of rotatable bonds is 0. The SMILES string of the molecule is O=c1[nH]c(Cl)nc2c(=O)[nH]c(Cl)nc12. The third kappa shape index (κ3) is 1.38. The van der Waals surface area contributed by atoms with Crippen molar-refractivity contribution in [1.82, 2.24) is 19.9 Å². The molecule has 72 valence electrons. The molecular weight excluding hydrogens is 231 g/mol. The van der Waals surface area contributed by atoms with Crippen LogP contribution in [-0.2, 0) is 0 Å². The highest BCUT2D eigenvalue weighted by Crippen LogP contribution is 2.04. The predicted octanol–water partition coefficient (Wildman–Crippen LogP) is 0.313. The molecule has 0 aliphatic heterocycles. The van der Waals surface area contributed by atoms with Crippen LogP contribution in [0, 0.1) is 0 Å². The number of H-pyrrole nitrogens is 2. The summed E-state index contributed by atoms with van der Waals surface area (Å²) in [6.07, 6.45) is 0. The minimum Gasteiger partial charge on any atom is -0.295 e. The van der Waals surface area contributed by atoms with Crippen molar-refractivity contribution < 1.29 is 0 Å². The molecule has 8 heteroatoms. The minimum atomic E-state index is -0.604. The summed E-state index contributed by atoms with van der Waals surface area (Å²) in [7, 11) is 0. The molecular formula is C6H2Cl2N4O2. The average Bonchev–Trinajstić information content (AvgIpc) is 2.07. The quantitative estimate of drug-likeness (QED) is 0.640. The van der Waals surface area contributed by atoms with Crippen molar-refractivity contribution in [3.8, 4) is 0 Å². The number of hydrogen-bond acceptors (Lipinski definition) is 4. The van der Waals surface area contributed by atoms with Crippen LogP contribution >= 0.6 is 23.2 Å². The Bertz CT molecular complexity index is 562. The van der Waals surface area contributed by atoms with E-state index in [1.165, 1.54) is 0 Å². The monoisotopic (exact) mass is 232 g/mol. The van der Waals surface area contributed by atoms with E-state index in [1.807, 2.05) is 0 Å². The van der Waals surface area contributed by atoms with Gasteiger partial charge in [-0.05, 0) is 23.2 Å². The lowest BCUT2D eigenvalue weighted by molar-refractivity contribution is 1.09. The van der Waals surface area contributed by atoms with Crippen LogP contribution in [0.1, 0.15) is 0 Å². The van der Waals surface area contributed by atoms with Gasteiger partial charge in [-0.2, -0.15) is 0 Å². The first-order chi connectivity index (χ1) is 6.58. The first-order valence-corrected chi connectivity index (χ1v) is 4.19. The van der Waals surface area contributed by atoms with Gasteiger partial charge in [-0.25, -0.2) is 9.97 Å². The third-order valence-electron chi connectivity index (χ3n) is 1.51. The Morgan fingerprint density at radius 3 is 1.57 bits per heavy atom. The summed E-state index contributed by atoms with van der Waals surface area (Å²) in [5.41, 5.74) is -1.48. The van der Waals surface area contributed by atoms with Crippen LogP contribution < -0.4 is 11.1 Å². The predicted molar refractivity (Wildman–Crippen MR) is 50.8 cm³/mol. The Labute approximate surface area is 85.9 Å². The lowest BCUT2D eigenvalue weighted by Crippen LogP contribution is -2.18. The van der Waals surface area contributed by atoms with Gasteiger partial charge in [-0.15, -0.1) is 0 Å². The lowest BCUT2D eigenvalue weighted by Gasteiger charge is -1.95. The van der Waals surface area contributed by atoms with Crippen molar-refractivity contribution in [2.75, 3.05) is 0 Å². The number of hydrogen-bond donors (Lipinski definition) is 2. The molecule has 2 aromatic heterocycles. The average molecular weight is 233 g/mol. The molecule has 0 amide bonds. The topological polar surface area (TPSA) is 91.5 Å². The highest BCUT2D eigenvalue weighted by Gasteiger charge is 2.08. The summed E-state index contributed by atoms with van der Waals surface area (Å²) < 4.78 is 0. The van der Waals surface area contributed by atoms with Crippen molar-refractivity contribution in [1.29, 1.82) is 0 Å². The molecule has 14 heavy (non-hydrogen) atoms. The van der Waals surface area contributed by atoms with Gasteiger partial charge in [0.2, 0.25) is 10.6 Å². The largest absolute Gasteiger partial charge is 0.295 e. The van der Waals surface area contributed by atoms with Crippen molar-refractivity contribution in [3.63, 3.8) is 0 Å². The fourth-order valence-corrected chi connectivity index (χ4v) is 1.32. The van der Waals surface area contributed by atoms with Crippen LogP contribution in [0.3, 0.4) is 0 Å². The van der Waals surface area contributed by atoms with Crippen molar-refractivity contribution in [2.24, 2.45) is 0 Å². The molecule has 0 fully saturated rings. The van der Waals surface area contributed by atoms with Crippen LogP contribution in [-0.4, -0.2) is 19.9 Å². The van der Waals surface area contributed by atoms with Gasteiger partial charge in [0.05, 0.1) is 0 Å². The number of halogens is 2. The molecule has 0 aliphatic carbocycles. The number of nitrogens with one attached hydrogen (secondary N) is 2. The summed E-state index contributed by atoms with van der Waals surface area (Å²) in [6.45, 7) is 0. The number of aromatic nitrogens is 4. The Morgan fingerprint density at radius 2 is 1.21 bits per heavy atom. The van der Waals surface area contributed by atoms with E-state index in [0.29, 0.717) is 0 Å². The molecule has 2 N–H and O–H groups in total. The molecule has 0 unspecified atom stereocenters. The molecule has 0 radical (unpaired) electrons. The second-order valence-corrected chi connectivity index (χ2v) is 3.13. The zero-order valence-electron chi connectivity index (χ0n) is 6.47. The van der Waals surface area contributed by atoms with Gasteiger partial charge in [0, 0.05) is 0 Å². The number of nitrogens with zero attached hydrogens (tertiary/aromatic N) is 2. The zero-order valence-corrected chi connectivity index (χ0v) is 7.98. The van der Waals surface area contributed by atoms with E-state index in [0.717, 1.165) is 0 Å². The maximum Gasteiger partial charge on any atom is 0.278 e. The Balaban J connectivity index is 3.10. The highest BCUT2D eigenvalue weighted by molar-refractivity contribution is 6.29. The molecule has 0 aliphatic rings. The Morgan fingerprint density at radius 1 is 0.857 bits per heavy atom. The summed E-state index contributed by atoms with van der Waals surface area (Å²) in [5, 5.41) is -0.339. The maximum atomic E-state index is 11.3. The minimum absolute atomic E-state index is 0.136. The number of fused-ring (bicyclic) bond motifs is 1. The Kier molecular flexibility index (Phi) is 2.01. The van der Waals surface area contributed by atoms with Crippen molar-refractivity contribution >= 4 is 34.2 Å². The summed E-state index contributed by atoms with van der Waals surface area (Å²) in [6, 6.07) is 0. The summed E-state index contributed by atoms with van der Waals surface area (Å²) >= 11 is 10.9. The van der Waals surface area contributed by atoms with E-state index in [4.69, 9.17) is 23.2 Å². The molecule has 0 bridgehead atoms. The van der Waals surface area contributed by atoms with E-state index in [2.05, 4.69) is 19.9 Å². The second kappa shape index (κ2) is 3.07. The molecule has 0 saturated heterocycles. The molecule has 2 aromatic rings. The van der Waals surface area contributed by atoms with E-state index in [9.17, 15) is 9.59 Å². The van der Waals surface area contributed by atoms with E-state index >= 15 is 0 Å². The second-order valence-electron chi connectivity index (χ2n) is 2.41. The van der Waals surface area contributed by atoms with Crippen molar-refractivity contribution in [3.05, 3.63) is 31.3 Å². The van der Waals surface area contributed by atoms with Gasteiger partial charge >= 0.3 is 0 Å². The lowest BCUT2D eigenvalue weighted by atomic mass is 10.4. The van der Waals surface area contributed by atoms with Gasteiger partial charge in [0.1, 0.15) is 0 Å². The van der Waals surface area contributed by atoms with Gasteiger partial charge in [-0.3, -0.25) is 19.6 Å². The van der Waals surface area contributed by atoms with Crippen LogP contribution in [0.25, 0.3) is 11.0 Å². The molecule has 0 aromatic carbocycles. The Hall–Kier alpha value is -1.40. The van der Waals surface area contributed by atoms with Crippen LogP contribution in [0.2, 0.25) is 10.6 Å². The standard InChI is InChI=1S/C6H2Cl2N4O2/c7-5-9-1-2(4(14)12-5)10-6(8)11-3(1)13/h(H,9,12,14)(H,10,11,13). The molecule has 2 rings (SSSR count). The smallest absolute Gasteiger partial charge is 0.278 e. The van der Waals surface area contributed by atoms with Crippen molar-refractivity contribution in [2.45, 2.75) is 0 Å². The first kappa shape index (κ1) is 9.17. The van der Waals surface area contributed by atoms with Gasteiger partial charge in [-0.1, -0.05) is 0 Å².